The molecule has 0 amide bonds. The number of hydrogen-bond acceptors (Lipinski definition) is 3. The number of nitrogen functional groups attached to an aromatic ring is 1. The van der Waals surface area contributed by atoms with Gasteiger partial charge in [-0.1, -0.05) is 12.1 Å². The lowest BCUT2D eigenvalue weighted by molar-refractivity contribution is 0.324. The van der Waals surface area contributed by atoms with Crippen molar-refractivity contribution >= 4 is 11.4 Å². The largest absolute Gasteiger partial charge is 0.492 e. The number of benzene rings is 2. The zero-order valence-electron chi connectivity index (χ0n) is 11.6. The molecule has 2 aromatic carbocycles. The van der Waals surface area contributed by atoms with Crippen LogP contribution in [0.4, 0.5) is 15.8 Å². The van der Waals surface area contributed by atoms with E-state index in [2.05, 4.69) is 4.90 Å². The summed E-state index contributed by atoms with van der Waals surface area (Å²) in [5.41, 5.74) is 7.24. The number of hydrogen-bond donors (Lipinski definition) is 1. The molecule has 0 aliphatic heterocycles. The Hall–Kier alpha value is -2.23. The lowest BCUT2D eigenvalue weighted by atomic mass is 10.2. The molecule has 2 rings (SSSR count). The summed E-state index contributed by atoms with van der Waals surface area (Å²) in [5, 5.41) is 0. The number of rotatable bonds is 6. The maximum atomic E-state index is 13.2. The van der Waals surface area contributed by atoms with Crippen LogP contribution < -0.4 is 15.4 Å². The van der Waals surface area contributed by atoms with Crippen molar-refractivity contribution in [2.24, 2.45) is 0 Å². The van der Waals surface area contributed by atoms with E-state index in [9.17, 15) is 4.39 Å². The van der Waals surface area contributed by atoms with E-state index in [0.717, 1.165) is 18.0 Å². The number of anilines is 2. The van der Waals surface area contributed by atoms with Gasteiger partial charge < -0.3 is 15.4 Å². The summed E-state index contributed by atoms with van der Waals surface area (Å²) in [6, 6.07) is 13.9. The van der Waals surface area contributed by atoms with Gasteiger partial charge in [0.05, 0.1) is 6.54 Å². The maximum absolute atomic E-state index is 13.2. The molecular formula is C16H19FN2O. The third kappa shape index (κ3) is 3.88. The number of nitrogens with zero attached hydrogens (tertiary/aromatic N) is 1. The van der Waals surface area contributed by atoms with Gasteiger partial charge >= 0.3 is 0 Å². The summed E-state index contributed by atoms with van der Waals surface area (Å²) in [6.07, 6.45) is 0. The van der Waals surface area contributed by atoms with Gasteiger partial charge in [-0.2, -0.15) is 0 Å². The van der Waals surface area contributed by atoms with Gasteiger partial charge in [-0.25, -0.2) is 4.39 Å². The molecule has 0 saturated carbocycles. The smallest absolute Gasteiger partial charge is 0.125 e. The number of halogens is 1. The molecule has 0 unspecified atom stereocenters. The second-order valence-electron chi connectivity index (χ2n) is 4.48. The minimum absolute atomic E-state index is 0.224. The fourth-order valence-corrected chi connectivity index (χ4v) is 2.02. The van der Waals surface area contributed by atoms with Gasteiger partial charge in [0.1, 0.15) is 18.2 Å². The Kier molecular flexibility index (Phi) is 4.82. The highest BCUT2D eigenvalue weighted by Gasteiger charge is 2.05. The summed E-state index contributed by atoms with van der Waals surface area (Å²) in [7, 11) is 0. The standard InChI is InChI=1S/C16H19FN2O/c1-2-19(15-7-3-5-13(17)11-15)9-10-20-16-8-4-6-14(18)12-16/h3-8,11-12H,2,9-10,18H2,1H3. The molecule has 0 saturated heterocycles. The molecule has 106 valence electrons. The molecule has 0 aliphatic rings. The quantitative estimate of drug-likeness (QED) is 0.821. The Morgan fingerprint density at radius 2 is 1.95 bits per heavy atom. The van der Waals surface area contributed by atoms with E-state index in [4.69, 9.17) is 10.5 Å². The highest BCUT2D eigenvalue weighted by molar-refractivity contribution is 5.46. The van der Waals surface area contributed by atoms with Crippen molar-refractivity contribution < 1.29 is 9.13 Å². The highest BCUT2D eigenvalue weighted by Crippen LogP contribution is 2.17. The Morgan fingerprint density at radius 1 is 1.15 bits per heavy atom. The van der Waals surface area contributed by atoms with E-state index >= 15 is 0 Å². The van der Waals surface area contributed by atoms with Crippen LogP contribution in [0.3, 0.4) is 0 Å². The fraction of sp³-hybridized carbons (Fsp3) is 0.250. The first-order chi connectivity index (χ1) is 9.69. The highest BCUT2D eigenvalue weighted by atomic mass is 19.1. The summed E-state index contributed by atoms with van der Waals surface area (Å²) in [5.74, 6) is 0.526. The third-order valence-electron chi connectivity index (χ3n) is 3.04. The first kappa shape index (κ1) is 14.2. The van der Waals surface area contributed by atoms with E-state index in [1.165, 1.54) is 12.1 Å². The van der Waals surface area contributed by atoms with Gasteiger partial charge in [-0.3, -0.25) is 0 Å². The molecule has 20 heavy (non-hydrogen) atoms. The average Bonchev–Trinajstić information content (AvgIpc) is 2.44. The first-order valence-electron chi connectivity index (χ1n) is 6.68. The van der Waals surface area contributed by atoms with Crippen molar-refractivity contribution in [3.05, 3.63) is 54.3 Å². The van der Waals surface area contributed by atoms with Gasteiger partial charge in [0, 0.05) is 24.0 Å². The summed E-state index contributed by atoms with van der Waals surface area (Å²) < 4.78 is 18.9. The van der Waals surface area contributed by atoms with Crippen molar-refractivity contribution in [1.29, 1.82) is 0 Å². The van der Waals surface area contributed by atoms with Crippen LogP contribution in [0.2, 0.25) is 0 Å². The topological polar surface area (TPSA) is 38.5 Å². The molecule has 0 spiro atoms. The number of ether oxygens (including phenoxy) is 1. The molecule has 0 bridgehead atoms. The third-order valence-corrected chi connectivity index (χ3v) is 3.04. The van der Waals surface area contributed by atoms with Crippen LogP contribution in [0.15, 0.2) is 48.5 Å². The van der Waals surface area contributed by atoms with Gasteiger partial charge in [-0.15, -0.1) is 0 Å². The predicted molar refractivity (Wildman–Crippen MR) is 80.6 cm³/mol. The molecule has 2 aromatic rings. The van der Waals surface area contributed by atoms with Crippen LogP contribution in [0.5, 0.6) is 5.75 Å². The summed E-state index contributed by atoms with van der Waals surface area (Å²) in [6.45, 7) is 4.04. The second kappa shape index (κ2) is 6.80. The van der Waals surface area contributed by atoms with Crippen molar-refractivity contribution in [2.75, 3.05) is 30.3 Å². The fourth-order valence-electron chi connectivity index (χ4n) is 2.02. The minimum atomic E-state index is -0.224. The van der Waals surface area contributed by atoms with E-state index in [0.29, 0.717) is 18.8 Å². The van der Waals surface area contributed by atoms with Crippen LogP contribution in [-0.4, -0.2) is 19.7 Å². The molecule has 0 aromatic heterocycles. The summed E-state index contributed by atoms with van der Waals surface area (Å²) in [4.78, 5) is 2.06. The molecule has 0 fully saturated rings. The zero-order valence-corrected chi connectivity index (χ0v) is 11.6. The van der Waals surface area contributed by atoms with Crippen LogP contribution in [0.25, 0.3) is 0 Å². The normalized spacial score (nSPS) is 10.3. The van der Waals surface area contributed by atoms with Crippen LogP contribution in [0.1, 0.15) is 6.92 Å². The molecule has 0 atom stereocenters. The number of nitrogens with two attached hydrogens (primary N) is 1. The SMILES string of the molecule is CCN(CCOc1cccc(N)c1)c1cccc(F)c1. The average molecular weight is 274 g/mol. The molecule has 0 radical (unpaired) electrons. The van der Waals surface area contributed by atoms with Crippen molar-refractivity contribution in [1.82, 2.24) is 0 Å². The van der Waals surface area contributed by atoms with Crippen LogP contribution in [0, 0.1) is 5.82 Å². The Bertz CT molecular complexity index is 560. The molecule has 3 nitrogen and oxygen atoms in total. The Labute approximate surface area is 118 Å². The Balaban J connectivity index is 1.91. The lowest BCUT2D eigenvalue weighted by Crippen LogP contribution is -2.28. The Morgan fingerprint density at radius 3 is 2.65 bits per heavy atom. The number of likely N-dealkylation sites (N-methyl/N-ethyl adjacent to an activating group) is 1. The zero-order chi connectivity index (χ0) is 14.4. The first-order valence-corrected chi connectivity index (χ1v) is 6.68. The van der Waals surface area contributed by atoms with E-state index in [-0.39, 0.29) is 5.82 Å². The van der Waals surface area contributed by atoms with E-state index in [1.807, 2.05) is 31.2 Å². The van der Waals surface area contributed by atoms with Crippen molar-refractivity contribution in [2.45, 2.75) is 6.92 Å². The van der Waals surface area contributed by atoms with Gasteiger partial charge in [0.25, 0.3) is 0 Å². The monoisotopic (exact) mass is 274 g/mol. The van der Waals surface area contributed by atoms with Gasteiger partial charge in [0.15, 0.2) is 0 Å². The van der Waals surface area contributed by atoms with Gasteiger partial charge in [0.2, 0.25) is 0 Å². The van der Waals surface area contributed by atoms with Crippen molar-refractivity contribution in [3.8, 4) is 5.75 Å². The predicted octanol–water partition coefficient (Wildman–Crippen LogP) is 3.31. The minimum Gasteiger partial charge on any atom is -0.492 e. The van der Waals surface area contributed by atoms with Gasteiger partial charge in [-0.05, 0) is 37.3 Å². The maximum Gasteiger partial charge on any atom is 0.125 e. The molecular weight excluding hydrogens is 255 g/mol. The molecule has 0 heterocycles. The lowest BCUT2D eigenvalue weighted by Gasteiger charge is -2.23. The van der Waals surface area contributed by atoms with Crippen LogP contribution in [-0.2, 0) is 0 Å². The second-order valence-corrected chi connectivity index (χ2v) is 4.48. The van der Waals surface area contributed by atoms with Crippen molar-refractivity contribution in [3.63, 3.8) is 0 Å². The molecule has 0 aliphatic carbocycles. The summed E-state index contributed by atoms with van der Waals surface area (Å²) >= 11 is 0. The van der Waals surface area contributed by atoms with E-state index in [1.54, 1.807) is 12.1 Å². The van der Waals surface area contributed by atoms with Crippen LogP contribution >= 0.6 is 0 Å². The molecule has 2 N–H and O–H groups in total. The molecule has 4 heteroatoms. The van der Waals surface area contributed by atoms with E-state index < -0.39 is 0 Å².